The Labute approximate surface area is 191 Å². The van der Waals surface area contributed by atoms with Gasteiger partial charge in [-0.05, 0) is 55.0 Å². The lowest BCUT2D eigenvalue weighted by Gasteiger charge is -2.35. The van der Waals surface area contributed by atoms with Crippen LogP contribution in [0.3, 0.4) is 0 Å². The van der Waals surface area contributed by atoms with Gasteiger partial charge < -0.3 is 25.0 Å². The molecule has 1 heterocycles. The van der Waals surface area contributed by atoms with Crippen LogP contribution in [0.2, 0.25) is 0 Å². The smallest absolute Gasteiger partial charge is 0.338 e. The summed E-state index contributed by atoms with van der Waals surface area (Å²) in [7, 11) is 3.29. The van der Waals surface area contributed by atoms with Gasteiger partial charge in [0, 0.05) is 31.1 Å². The normalized spacial score (nSPS) is 15.9. The number of methoxy groups -OCH3 is 1. The van der Waals surface area contributed by atoms with E-state index in [1.165, 1.54) is 25.3 Å². The Bertz CT molecular complexity index is 1070. The van der Waals surface area contributed by atoms with Crippen molar-refractivity contribution in [1.29, 1.82) is 0 Å². The number of thiocarbonyl (C=S) groups is 1. The highest BCUT2D eigenvalue weighted by molar-refractivity contribution is 7.80. The molecule has 0 saturated carbocycles. The molecule has 0 aromatic heterocycles. The Morgan fingerprint density at radius 2 is 1.94 bits per heavy atom. The Hall–Kier alpha value is -3.30. The number of rotatable bonds is 7. The van der Waals surface area contributed by atoms with E-state index < -0.39 is 23.7 Å². The molecule has 7 nitrogen and oxygen atoms in total. The van der Waals surface area contributed by atoms with Gasteiger partial charge in [0.1, 0.15) is 12.4 Å². The fraction of sp³-hybridized carbons (Fsp3) is 0.261. The van der Waals surface area contributed by atoms with Crippen LogP contribution in [0, 0.1) is 5.82 Å². The lowest BCUT2D eigenvalue weighted by molar-refractivity contribution is -0.140. The minimum absolute atomic E-state index is 0.122. The van der Waals surface area contributed by atoms with Gasteiger partial charge in [-0.1, -0.05) is 18.2 Å². The second-order valence-electron chi connectivity index (χ2n) is 7.16. The van der Waals surface area contributed by atoms with Crippen molar-refractivity contribution < 1.29 is 23.5 Å². The van der Waals surface area contributed by atoms with E-state index >= 15 is 0 Å². The lowest BCUT2D eigenvalue weighted by atomic mass is 9.95. The number of halogens is 1. The summed E-state index contributed by atoms with van der Waals surface area (Å²) in [6.45, 7) is 2.20. The summed E-state index contributed by atoms with van der Waals surface area (Å²) in [5, 5.41) is 6.37. The quantitative estimate of drug-likeness (QED) is 0.375. The van der Waals surface area contributed by atoms with Crippen LogP contribution in [0.4, 0.5) is 10.1 Å². The molecule has 1 aliphatic heterocycles. The molecule has 0 spiro atoms. The Kier molecular flexibility index (Phi) is 7.55. The third-order valence-electron chi connectivity index (χ3n) is 5.06. The first-order valence-corrected chi connectivity index (χ1v) is 10.3. The monoisotopic (exact) mass is 457 g/mol. The van der Waals surface area contributed by atoms with Gasteiger partial charge in [-0.2, -0.15) is 0 Å². The van der Waals surface area contributed by atoms with Crippen molar-refractivity contribution in [3.05, 3.63) is 76.7 Å². The minimum Gasteiger partial charge on any atom is -0.460 e. The first-order chi connectivity index (χ1) is 15.3. The van der Waals surface area contributed by atoms with E-state index in [4.69, 9.17) is 21.7 Å². The molecule has 168 valence electrons. The Morgan fingerprint density at radius 3 is 2.66 bits per heavy atom. The van der Waals surface area contributed by atoms with E-state index in [0.717, 1.165) is 6.07 Å². The molecular formula is C23H24FN3O4S. The van der Waals surface area contributed by atoms with E-state index in [2.05, 4.69) is 10.6 Å². The Balaban J connectivity index is 1.88. The summed E-state index contributed by atoms with van der Waals surface area (Å²) in [4.78, 5) is 27.1. The predicted octanol–water partition coefficient (Wildman–Crippen LogP) is 3.40. The summed E-state index contributed by atoms with van der Waals surface area (Å²) in [5.41, 5.74) is 2.47. The van der Waals surface area contributed by atoms with Crippen LogP contribution >= 0.6 is 12.2 Å². The highest BCUT2D eigenvalue weighted by atomic mass is 32.1. The molecule has 0 unspecified atom stereocenters. The van der Waals surface area contributed by atoms with Gasteiger partial charge in [-0.25, -0.2) is 9.18 Å². The second-order valence-corrected chi connectivity index (χ2v) is 7.55. The highest BCUT2D eigenvalue weighted by Gasteiger charge is 2.33. The molecule has 0 bridgehead atoms. The van der Waals surface area contributed by atoms with Crippen molar-refractivity contribution in [2.75, 3.05) is 32.7 Å². The largest absolute Gasteiger partial charge is 0.460 e. The van der Waals surface area contributed by atoms with Crippen LogP contribution in [0.25, 0.3) is 0 Å². The number of carbonyl (C=O) groups excluding carboxylic acids is 2. The second kappa shape index (κ2) is 10.3. The van der Waals surface area contributed by atoms with Crippen LogP contribution < -0.4 is 10.6 Å². The fourth-order valence-electron chi connectivity index (χ4n) is 3.27. The SMILES string of the molecule is COCCOC(=O)C1=C(C)N(C)C(=S)N[C@H]1c1cccc(NC(=O)c2cccc(F)c2)c1. The van der Waals surface area contributed by atoms with Crippen molar-refractivity contribution in [1.82, 2.24) is 10.2 Å². The number of allylic oxidation sites excluding steroid dienone is 1. The minimum atomic E-state index is -0.570. The Morgan fingerprint density at radius 1 is 1.19 bits per heavy atom. The van der Waals surface area contributed by atoms with E-state index in [1.807, 2.05) is 6.07 Å². The van der Waals surface area contributed by atoms with E-state index in [-0.39, 0.29) is 18.8 Å². The van der Waals surface area contributed by atoms with E-state index in [0.29, 0.717) is 27.6 Å². The molecule has 0 fully saturated rings. The molecular weight excluding hydrogens is 433 g/mol. The number of hydrogen-bond acceptors (Lipinski definition) is 5. The molecule has 1 atom stereocenters. The van der Waals surface area contributed by atoms with Crippen molar-refractivity contribution in [3.8, 4) is 0 Å². The molecule has 9 heteroatoms. The first kappa shape index (κ1) is 23.4. The molecule has 2 N–H and O–H groups in total. The summed E-state index contributed by atoms with van der Waals surface area (Å²) in [5.74, 6) is -1.42. The molecule has 0 aliphatic carbocycles. The van der Waals surface area contributed by atoms with Gasteiger partial charge in [0.2, 0.25) is 0 Å². The van der Waals surface area contributed by atoms with E-state index in [1.54, 1.807) is 37.1 Å². The summed E-state index contributed by atoms with van der Waals surface area (Å²) >= 11 is 5.41. The highest BCUT2D eigenvalue weighted by Crippen LogP contribution is 2.32. The average molecular weight is 458 g/mol. The molecule has 0 saturated heterocycles. The fourth-order valence-corrected chi connectivity index (χ4v) is 3.53. The molecule has 3 rings (SSSR count). The van der Waals surface area contributed by atoms with Crippen LogP contribution in [0.15, 0.2) is 59.8 Å². The third kappa shape index (κ3) is 5.30. The van der Waals surface area contributed by atoms with Crippen LogP contribution in [0.5, 0.6) is 0 Å². The standard InChI is InChI=1S/C23H24FN3O4S/c1-14-19(22(29)31-11-10-30-3)20(26-23(32)27(14)2)15-6-5-9-18(13-15)25-21(28)16-7-4-8-17(24)12-16/h4-9,12-13,20H,10-11H2,1-3H3,(H,25,28)(H,26,32)/t20-/m0/s1. The number of ether oxygens (including phenoxy) is 2. The third-order valence-corrected chi connectivity index (χ3v) is 5.45. The van der Waals surface area contributed by atoms with Crippen molar-refractivity contribution in [2.24, 2.45) is 0 Å². The van der Waals surface area contributed by atoms with Gasteiger partial charge in [0.05, 0.1) is 18.2 Å². The summed E-state index contributed by atoms with van der Waals surface area (Å²) in [6.07, 6.45) is 0. The van der Waals surface area contributed by atoms with Crippen molar-refractivity contribution in [3.63, 3.8) is 0 Å². The van der Waals surface area contributed by atoms with Gasteiger partial charge in [0.25, 0.3) is 5.91 Å². The molecule has 0 radical (unpaired) electrons. The van der Waals surface area contributed by atoms with Gasteiger partial charge >= 0.3 is 5.97 Å². The zero-order valence-corrected chi connectivity index (χ0v) is 18.8. The molecule has 2 aromatic rings. The molecule has 1 amide bonds. The zero-order chi connectivity index (χ0) is 23.3. The van der Waals surface area contributed by atoms with E-state index in [9.17, 15) is 14.0 Å². The number of nitrogens with one attached hydrogen (secondary N) is 2. The number of carbonyl (C=O) groups is 2. The van der Waals surface area contributed by atoms with Crippen LogP contribution in [-0.2, 0) is 14.3 Å². The number of nitrogens with zero attached hydrogens (tertiary/aromatic N) is 1. The molecule has 2 aromatic carbocycles. The summed E-state index contributed by atoms with van der Waals surface area (Å²) in [6, 6.07) is 11.9. The number of esters is 1. The first-order valence-electron chi connectivity index (χ1n) is 9.89. The number of anilines is 1. The lowest BCUT2D eigenvalue weighted by Crippen LogP contribution is -2.46. The predicted molar refractivity (Wildman–Crippen MR) is 123 cm³/mol. The summed E-state index contributed by atoms with van der Waals surface area (Å²) < 4.78 is 23.8. The number of hydrogen-bond donors (Lipinski definition) is 2. The van der Waals surface area contributed by atoms with Crippen LogP contribution in [-0.4, -0.2) is 49.3 Å². The van der Waals surface area contributed by atoms with Gasteiger partial charge in [-0.3, -0.25) is 4.79 Å². The average Bonchev–Trinajstić information content (AvgIpc) is 2.77. The number of benzene rings is 2. The topological polar surface area (TPSA) is 79.9 Å². The van der Waals surface area contributed by atoms with Crippen molar-refractivity contribution >= 4 is 34.9 Å². The number of amides is 1. The zero-order valence-electron chi connectivity index (χ0n) is 18.0. The van der Waals surface area contributed by atoms with Crippen LogP contribution in [0.1, 0.15) is 28.9 Å². The maximum Gasteiger partial charge on any atom is 0.338 e. The van der Waals surface area contributed by atoms with Crippen molar-refractivity contribution in [2.45, 2.75) is 13.0 Å². The van der Waals surface area contributed by atoms with Gasteiger partial charge in [0.15, 0.2) is 5.11 Å². The maximum atomic E-state index is 13.4. The van der Waals surface area contributed by atoms with Gasteiger partial charge in [-0.15, -0.1) is 0 Å². The maximum absolute atomic E-state index is 13.4. The molecule has 1 aliphatic rings. The molecule has 32 heavy (non-hydrogen) atoms.